The molecule has 1 saturated heterocycles. The van der Waals surface area contributed by atoms with Gasteiger partial charge in [0.25, 0.3) is 0 Å². The SMILES string of the molecule is COc1ccc(NC(=O)N2CC(Oc3ccc(Cl)cn3)C2)cc1. The highest BCUT2D eigenvalue weighted by Gasteiger charge is 2.32. The van der Waals surface area contributed by atoms with Gasteiger partial charge in [-0.15, -0.1) is 0 Å². The van der Waals surface area contributed by atoms with E-state index in [9.17, 15) is 4.79 Å². The Morgan fingerprint density at radius 3 is 2.61 bits per heavy atom. The third-order valence-electron chi connectivity index (χ3n) is 3.46. The minimum absolute atomic E-state index is 0.0507. The third kappa shape index (κ3) is 3.84. The lowest BCUT2D eigenvalue weighted by atomic mass is 10.2. The number of nitrogens with one attached hydrogen (secondary N) is 1. The smallest absolute Gasteiger partial charge is 0.322 e. The van der Waals surface area contributed by atoms with E-state index in [1.165, 1.54) is 6.20 Å². The van der Waals surface area contributed by atoms with E-state index in [4.69, 9.17) is 21.1 Å². The number of aromatic nitrogens is 1. The number of amides is 2. The van der Waals surface area contributed by atoms with Gasteiger partial charge >= 0.3 is 6.03 Å². The number of halogens is 1. The van der Waals surface area contributed by atoms with Crippen molar-refractivity contribution in [2.45, 2.75) is 6.10 Å². The maximum atomic E-state index is 12.1. The van der Waals surface area contributed by atoms with E-state index in [2.05, 4.69) is 10.3 Å². The molecule has 1 fully saturated rings. The normalized spacial score (nSPS) is 14.1. The van der Waals surface area contributed by atoms with Crippen LogP contribution in [0.15, 0.2) is 42.6 Å². The summed E-state index contributed by atoms with van der Waals surface area (Å²) in [5.41, 5.74) is 0.722. The summed E-state index contributed by atoms with van der Waals surface area (Å²) < 4.78 is 10.7. The molecule has 23 heavy (non-hydrogen) atoms. The Balaban J connectivity index is 1.46. The molecule has 0 radical (unpaired) electrons. The lowest BCUT2D eigenvalue weighted by molar-refractivity contribution is 0.0461. The highest BCUT2D eigenvalue weighted by Crippen LogP contribution is 2.20. The number of likely N-dealkylation sites (tertiary alicyclic amines) is 1. The van der Waals surface area contributed by atoms with Crippen LogP contribution in [0.3, 0.4) is 0 Å². The fourth-order valence-electron chi connectivity index (χ4n) is 2.16. The number of hydrogen-bond donors (Lipinski definition) is 1. The number of hydrogen-bond acceptors (Lipinski definition) is 4. The summed E-state index contributed by atoms with van der Waals surface area (Å²) in [5, 5.41) is 3.39. The van der Waals surface area contributed by atoms with Gasteiger partial charge in [0.15, 0.2) is 0 Å². The van der Waals surface area contributed by atoms with E-state index in [1.807, 2.05) is 0 Å². The quantitative estimate of drug-likeness (QED) is 0.934. The van der Waals surface area contributed by atoms with Crippen LogP contribution >= 0.6 is 11.6 Å². The van der Waals surface area contributed by atoms with E-state index in [1.54, 1.807) is 48.4 Å². The van der Waals surface area contributed by atoms with Crippen molar-refractivity contribution in [2.24, 2.45) is 0 Å². The maximum absolute atomic E-state index is 12.1. The van der Waals surface area contributed by atoms with E-state index >= 15 is 0 Å². The number of benzene rings is 1. The molecule has 2 amide bonds. The van der Waals surface area contributed by atoms with Crippen LogP contribution in [0.2, 0.25) is 5.02 Å². The van der Waals surface area contributed by atoms with Gasteiger partial charge in [-0.2, -0.15) is 0 Å². The van der Waals surface area contributed by atoms with Crippen LogP contribution in [0, 0.1) is 0 Å². The Morgan fingerprint density at radius 2 is 2.00 bits per heavy atom. The Labute approximate surface area is 139 Å². The zero-order valence-corrected chi connectivity index (χ0v) is 13.3. The summed E-state index contributed by atoms with van der Waals surface area (Å²) in [6, 6.07) is 10.5. The number of carbonyl (C=O) groups is 1. The second-order valence-electron chi connectivity index (χ2n) is 5.12. The van der Waals surface area contributed by atoms with Crippen LogP contribution in [0.25, 0.3) is 0 Å². The van der Waals surface area contributed by atoms with Gasteiger partial charge < -0.3 is 19.7 Å². The van der Waals surface area contributed by atoms with Crippen molar-refractivity contribution in [1.29, 1.82) is 0 Å². The Morgan fingerprint density at radius 1 is 1.26 bits per heavy atom. The summed E-state index contributed by atoms with van der Waals surface area (Å²) in [6.07, 6.45) is 1.48. The molecular weight excluding hydrogens is 318 g/mol. The van der Waals surface area contributed by atoms with Crippen LogP contribution in [-0.2, 0) is 0 Å². The molecule has 1 aliphatic heterocycles. The summed E-state index contributed by atoms with van der Waals surface area (Å²) >= 11 is 5.77. The first-order valence-corrected chi connectivity index (χ1v) is 7.50. The maximum Gasteiger partial charge on any atom is 0.322 e. The third-order valence-corrected chi connectivity index (χ3v) is 3.69. The van der Waals surface area contributed by atoms with Crippen molar-refractivity contribution in [3.8, 4) is 11.6 Å². The Bertz CT molecular complexity index is 670. The average molecular weight is 334 g/mol. The van der Waals surface area contributed by atoms with Crippen molar-refractivity contribution in [3.05, 3.63) is 47.6 Å². The molecule has 6 nitrogen and oxygen atoms in total. The molecule has 2 aromatic rings. The average Bonchev–Trinajstić information content (AvgIpc) is 2.53. The van der Waals surface area contributed by atoms with Crippen LogP contribution in [0.5, 0.6) is 11.6 Å². The molecule has 3 rings (SSSR count). The molecule has 1 N–H and O–H groups in total. The van der Waals surface area contributed by atoms with Gasteiger partial charge in [0.1, 0.15) is 11.9 Å². The van der Waals surface area contributed by atoms with Crippen molar-refractivity contribution >= 4 is 23.3 Å². The number of methoxy groups -OCH3 is 1. The van der Waals surface area contributed by atoms with E-state index in [-0.39, 0.29) is 12.1 Å². The molecule has 0 bridgehead atoms. The van der Waals surface area contributed by atoms with Crippen LogP contribution < -0.4 is 14.8 Å². The number of ether oxygens (including phenoxy) is 2. The van der Waals surface area contributed by atoms with Gasteiger partial charge in [-0.25, -0.2) is 9.78 Å². The van der Waals surface area contributed by atoms with Gasteiger partial charge in [0, 0.05) is 18.0 Å². The first-order valence-electron chi connectivity index (χ1n) is 7.12. The monoisotopic (exact) mass is 333 g/mol. The zero-order chi connectivity index (χ0) is 16.2. The van der Waals surface area contributed by atoms with Gasteiger partial charge in [-0.05, 0) is 30.3 Å². The summed E-state index contributed by atoms with van der Waals surface area (Å²) in [6.45, 7) is 1.04. The lowest BCUT2D eigenvalue weighted by Crippen LogP contribution is -2.57. The summed E-state index contributed by atoms with van der Waals surface area (Å²) in [7, 11) is 1.60. The predicted molar refractivity (Wildman–Crippen MR) is 87.2 cm³/mol. The molecule has 0 unspecified atom stereocenters. The minimum Gasteiger partial charge on any atom is -0.497 e. The van der Waals surface area contributed by atoms with Gasteiger partial charge in [-0.3, -0.25) is 0 Å². The number of urea groups is 1. The fourth-order valence-corrected chi connectivity index (χ4v) is 2.27. The first-order chi connectivity index (χ1) is 11.1. The number of carbonyl (C=O) groups excluding carboxylic acids is 1. The Hall–Kier alpha value is -2.47. The summed E-state index contributed by atoms with van der Waals surface area (Å²) in [4.78, 5) is 17.8. The van der Waals surface area contributed by atoms with Crippen LogP contribution in [0.1, 0.15) is 0 Å². The van der Waals surface area contributed by atoms with Crippen molar-refractivity contribution in [3.63, 3.8) is 0 Å². The molecule has 0 saturated carbocycles. The minimum atomic E-state index is -0.154. The molecule has 1 aliphatic rings. The second kappa shape index (κ2) is 6.75. The molecular formula is C16H16ClN3O3. The first kappa shape index (κ1) is 15.4. The van der Waals surface area contributed by atoms with Crippen LogP contribution in [0.4, 0.5) is 10.5 Å². The molecule has 7 heteroatoms. The molecule has 1 aromatic carbocycles. The van der Waals surface area contributed by atoms with E-state index in [0.29, 0.717) is 24.0 Å². The topological polar surface area (TPSA) is 63.7 Å². The Kier molecular flexibility index (Phi) is 4.52. The van der Waals surface area contributed by atoms with Gasteiger partial charge in [-0.1, -0.05) is 11.6 Å². The molecule has 1 aromatic heterocycles. The molecule has 0 spiro atoms. The molecule has 0 atom stereocenters. The number of anilines is 1. The van der Waals surface area contributed by atoms with Gasteiger partial charge in [0.05, 0.1) is 25.2 Å². The van der Waals surface area contributed by atoms with Crippen LogP contribution in [-0.4, -0.2) is 42.2 Å². The predicted octanol–water partition coefficient (Wildman–Crippen LogP) is 3.04. The number of pyridine rings is 1. The lowest BCUT2D eigenvalue weighted by Gasteiger charge is -2.38. The number of nitrogens with zero attached hydrogens (tertiary/aromatic N) is 2. The number of rotatable bonds is 4. The van der Waals surface area contributed by atoms with Crippen molar-refractivity contribution in [1.82, 2.24) is 9.88 Å². The van der Waals surface area contributed by atoms with Crippen molar-refractivity contribution in [2.75, 3.05) is 25.5 Å². The fraction of sp³-hybridized carbons (Fsp3) is 0.250. The second-order valence-corrected chi connectivity index (χ2v) is 5.55. The highest BCUT2D eigenvalue weighted by molar-refractivity contribution is 6.30. The van der Waals surface area contributed by atoms with E-state index in [0.717, 1.165) is 11.4 Å². The summed E-state index contributed by atoms with van der Waals surface area (Å²) in [5.74, 6) is 1.26. The van der Waals surface area contributed by atoms with Crippen molar-refractivity contribution < 1.29 is 14.3 Å². The zero-order valence-electron chi connectivity index (χ0n) is 12.5. The largest absolute Gasteiger partial charge is 0.497 e. The standard InChI is InChI=1S/C16H16ClN3O3/c1-22-13-5-3-12(4-6-13)19-16(21)20-9-14(10-20)23-15-7-2-11(17)8-18-15/h2-8,14H,9-10H2,1H3,(H,19,21). The molecule has 120 valence electrons. The molecule has 2 heterocycles. The molecule has 0 aliphatic carbocycles. The van der Waals surface area contributed by atoms with E-state index < -0.39 is 0 Å². The highest BCUT2D eigenvalue weighted by atomic mass is 35.5. The van der Waals surface area contributed by atoms with Gasteiger partial charge in [0.2, 0.25) is 5.88 Å².